The number of halogens is 1. The van der Waals surface area contributed by atoms with Crippen molar-refractivity contribution in [1.82, 2.24) is 14.8 Å². The van der Waals surface area contributed by atoms with Gasteiger partial charge in [-0.2, -0.15) is 5.10 Å². The van der Waals surface area contributed by atoms with E-state index in [1.807, 2.05) is 22.9 Å². The van der Waals surface area contributed by atoms with Crippen molar-refractivity contribution in [1.29, 1.82) is 0 Å². The van der Waals surface area contributed by atoms with E-state index in [9.17, 15) is 0 Å². The molecule has 0 saturated carbocycles. The van der Waals surface area contributed by atoms with Crippen LogP contribution in [0, 0.1) is 0 Å². The molecule has 0 bridgehead atoms. The van der Waals surface area contributed by atoms with Crippen LogP contribution in [0.1, 0.15) is 24.7 Å². The molecule has 0 aliphatic carbocycles. The molecule has 2 aromatic rings. The predicted octanol–water partition coefficient (Wildman–Crippen LogP) is 2.66. The second-order valence-corrected chi connectivity index (χ2v) is 5.55. The maximum absolute atomic E-state index is 5.77. The van der Waals surface area contributed by atoms with Crippen molar-refractivity contribution < 1.29 is 4.74 Å². The van der Waals surface area contributed by atoms with Crippen LogP contribution in [0.4, 0.5) is 0 Å². The number of thiocarbonyl (C=S) groups is 1. The van der Waals surface area contributed by atoms with Crippen LogP contribution in [0.2, 0.25) is 0 Å². The Labute approximate surface area is 131 Å². The average Bonchev–Trinajstić information content (AvgIpc) is 2.85. The molecule has 0 aliphatic rings. The highest BCUT2D eigenvalue weighted by molar-refractivity contribution is 9.10. The second kappa shape index (κ2) is 6.81. The summed E-state index contributed by atoms with van der Waals surface area (Å²) in [6.07, 6.45) is 2.52. The van der Waals surface area contributed by atoms with E-state index in [1.54, 1.807) is 0 Å². The summed E-state index contributed by atoms with van der Waals surface area (Å²) in [5.74, 6) is 1.43. The maximum Gasteiger partial charge on any atom is 0.164 e. The molecule has 0 saturated heterocycles. The van der Waals surface area contributed by atoms with Gasteiger partial charge in [-0.05, 0) is 24.6 Å². The van der Waals surface area contributed by atoms with Gasteiger partial charge in [-0.1, -0.05) is 35.1 Å². The van der Waals surface area contributed by atoms with E-state index in [4.69, 9.17) is 22.7 Å². The van der Waals surface area contributed by atoms with E-state index in [-0.39, 0.29) is 0 Å². The first-order chi connectivity index (χ1) is 9.61. The normalized spacial score (nSPS) is 10.5. The Hall–Kier alpha value is -1.47. The highest BCUT2D eigenvalue weighted by Gasteiger charge is 2.10. The molecule has 1 heterocycles. The summed E-state index contributed by atoms with van der Waals surface area (Å²) in [6.45, 7) is 3.24. The molecule has 0 unspecified atom stereocenters. The van der Waals surface area contributed by atoms with Crippen LogP contribution in [0.3, 0.4) is 0 Å². The summed E-state index contributed by atoms with van der Waals surface area (Å²) in [7, 11) is 0. The van der Waals surface area contributed by atoms with Crippen LogP contribution < -0.4 is 10.5 Å². The highest BCUT2D eigenvalue weighted by atomic mass is 79.9. The summed E-state index contributed by atoms with van der Waals surface area (Å²) in [5, 5.41) is 4.16. The molecule has 0 atom stereocenters. The first-order valence-electron chi connectivity index (χ1n) is 6.20. The van der Waals surface area contributed by atoms with E-state index in [0.717, 1.165) is 23.3 Å². The molecule has 106 valence electrons. The van der Waals surface area contributed by atoms with Crippen LogP contribution in [-0.2, 0) is 13.2 Å². The van der Waals surface area contributed by atoms with Gasteiger partial charge in [0.2, 0.25) is 0 Å². The van der Waals surface area contributed by atoms with Crippen LogP contribution in [0.25, 0.3) is 0 Å². The largest absolute Gasteiger partial charge is 0.485 e. The molecule has 0 spiro atoms. The number of benzene rings is 1. The lowest BCUT2D eigenvalue weighted by atomic mass is 10.2. The van der Waals surface area contributed by atoms with E-state index in [2.05, 4.69) is 32.9 Å². The summed E-state index contributed by atoms with van der Waals surface area (Å²) >= 11 is 8.42. The van der Waals surface area contributed by atoms with Gasteiger partial charge in [-0.25, -0.2) is 9.67 Å². The van der Waals surface area contributed by atoms with Gasteiger partial charge in [0, 0.05) is 11.0 Å². The molecule has 2 N–H and O–H groups in total. The fraction of sp³-hybridized carbons (Fsp3) is 0.308. The molecule has 2 rings (SSSR count). The van der Waals surface area contributed by atoms with E-state index in [1.165, 1.54) is 6.33 Å². The molecule has 1 aromatic carbocycles. The molecule has 20 heavy (non-hydrogen) atoms. The van der Waals surface area contributed by atoms with Crippen molar-refractivity contribution in [2.75, 3.05) is 0 Å². The predicted molar refractivity (Wildman–Crippen MR) is 84.7 cm³/mol. The minimum absolute atomic E-state index is 0.302. The third-order valence-electron chi connectivity index (χ3n) is 2.69. The SMILES string of the molecule is CCCn1ncnc1COc1ccc(Br)cc1C(N)=S. The summed E-state index contributed by atoms with van der Waals surface area (Å²) < 4.78 is 8.51. The van der Waals surface area contributed by atoms with Gasteiger partial charge in [0.25, 0.3) is 0 Å². The molecule has 0 fully saturated rings. The number of aromatic nitrogens is 3. The van der Waals surface area contributed by atoms with Crippen molar-refractivity contribution in [2.45, 2.75) is 26.5 Å². The van der Waals surface area contributed by atoms with E-state index in [0.29, 0.717) is 22.9 Å². The first kappa shape index (κ1) is 14.9. The number of rotatable bonds is 6. The lowest BCUT2D eigenvalue weighted by Crippen LogP contribution is -2.13. The quantitative estimate of drug-likeness (QED) is 0.807. The smallest absolute Gasteiger partial charge is 0.164 e. The zero-order valence-corrected chi connectivity index (χ0v) is 13.4. The number of nitrogens with two attached hydrogens (primary N) is 1. The van der Waals surface area contributed by atoms with Crippen LogP contribution >= 0.6 is 28.1 Å². The Kier molecular flexibility index (Phi) is 5.08. The zero-order valence-electron chi connectivity index (χ0n) is 11.0. The number of aryl methyl sites for hydroxylation is 1. The van der Waals surface area contributed by atoms with Crippen LogP contribution in [0.5, 0.6) is 5.75 Å². The van der Waals surface area contributed by atoms with Gasteiger partial charge in [0.15, 0.2) is 5.82 Å². The summed E-state index contributed by atoms with van der Waals surface area (Å²) in [4.78, 5) is 4.50. The zero-order chi connectivity index (χ0) is 14.5. The molecule has 0 aliphatic heterocycles. The van der Waals surface area contributed by atoms with Crippen molar-refractivity contribution in [2.24, 2.45) is 5.73 Å². The van der Waals surface area contributed by atoms with Crippen LogP contribution in [0.15, 0.2) is 29.0 Å². The topological polar surface area (TPSA) is 66.0 Å². The van der Waals surface area contributed by atoms with Gasteiger partial charge in [-0.15, -0.1) is 0 Å². The van der Waals surface area contributed by atoms with Gasteiger partial charge < -0.3 is 10.5 Å². The Morgan fingerprint density at radius 3 is 3.00 bits per heavy atom. The van der Waals surface area contributed by atoms with Gasteiger partial charge >= 0.3 is 0 Å². The Bertz CT molecular complexity index is 614. The summed E-state index contributed by atoms with van der Waals surface area (Å²) in [5.41, 5.74) is 6.41. The molecule has 0 amide bonds. The van der Waals surface area contributed by atoms with E-state index < -0.39 is 0 Å². The van der Waals surface area contributed by atoms with Crippen molar-refractivity contribution in [3.63, 3.8) is 0 Å². The third kappa shape index (κ3) is 3.55. The standard InChI is InChI=1S/C13H15BrN4OS/c1-2-5-18-12(16-8-17-18)7-19-11-4-3-9(14)6-10(11)13(15)20/h3-4,6,8H,2,5,7H2,1H3,(H2,15,20). The second-order valence-electron chi connectivity index (χ2n) is 4.19. The molecular weight excluding hydrogens is 340 g/mol. The molecular formula is C13H15BrN4OS. The molecule has 1 aromatic heterocycles. The Morgan fingerprint density at radius 2 is 2.30 bits per heavy atom. The van der Waals surface area contributed by atoms with Crippen molar-refractivity contribution in [3.8, 4) is 5.75 Å². The Morgan fingerprint density at radius 1 is 1.50 bits per heavy atom. The lowest BCUT2D eigenvalue weighted by molar-refractivity contribution is 0.285. The van der Waals surface area contributed by atoms with E-state index >= 15 is 0 Å². The fourth-order valence-electron chi connectivity index (χ4n) is 1.76. The molecule has 5 nitrogen and oxygen atoms in total. The Balaban J connectivity index is 2.14. The minimum atomic E-state index is 0.302. The minimum Gasteiger partial charge on any atom is -0.485 e. The highest BCUT2D eigenvalue weighted by Crippen LogP contribution is 2.23. The monoisotopic (exact) mass is 354 g/mol. The first-order valence-corrected chi connectivity index (χ1v) is 7.40. The van der Waals surface area contributed by atoms with Crippen LogP contribution in [-0.4, -0.2) is 19.8 Å². The van der Waals surface area contributed by atoms with Gasteiger partial charge in [0.05, 0.1) is 5.56 Å². The van der Waals surface area contributed by atoms with Gasteiger partial charge in [-0.3, -0.25) is 0 Å². The molecule has 0 radical (unpaired) electrons. The summed E-state index contributed by atoms with van der Waals surface area (Å²) in [6, 6.07) is 5.56. The maximum atomic E-state index is 5.77. The lowest BCUT2D eigenvalue weighted by Gasteiger charge is -2.11. The number of ether oxygens (including phenoxy) is 1. The van der Waals surface area contributed by atoms with Crippen molar-refractivity contribution >= 4 is 33.1 Å². The number of hydrogen-bond donors (Lipinski definition) is 1. The van der Waals surface area contributed by atoms with Gasteiger partial charge in [0.1, 0.15) is 23.7 Å². The average molecular weight is 355 g/mol. The fourth-order valence-corrected chi connectivity index (χ4v) is 2.28. The third-order valence-corrected chi connectivity index (χ3v) is 3.41. The van der Waals surface area contributed by atoms with Crippen molar-refractivity contribution in [3.05, 3.63) is 40.4 Å². The number of nitrogens with zero attached hydrogens (tertiary/aromatic N) is 3. The molecule has 7 heteroatoms. The number of hydrogen-bond acceptors (Lipinski definition) is 4.